The zero-order valence-electron chi connectivity index (χ0n) is 13.1. The molecule has 0 saturated heterocycles. The van der Waals surface area contributed by atoms with E-state index < -0.39 is 16.6 Å². The number of nitrogens with one attached hydrogen (secondary N) is 1. The topological polar surface area (TPSA) is 62.3 Å². The number of halogens is 1. The summed E-state index contributed by atoms with van der Waals surface area (Å²) >= 11 is 0. The monoisotopic (exact) mass is 335 g/mol. The second kappa shape index (κ2) is 7.32. The largest absolute Gasteiger partial charge is 0.322 e. The van der Waals surface area contributed by atoms with Gasteiger partial charge in [-0.15, -0.1) is 0 Å². The summed E-state index contributed by atoms with van der Waals surface area (Å²) in [6.45, 7) is 1.89. The van der Waals surface area contributed by atoms with Crippen molar-refractivity contribution in [3.63, 3.8) is 0 Å². The van der Waals surface area contributed by atoms with E-state index in [1.807, 2.05) is 19.1 Å². The number of aromatic nitrogens is 1. The molecular weight excluding hydrogens is 317 g/mol. The Morgan fingerprint density at radius 1 is 1.30 bits per heavy atom. The molecule has 7 heteroatoms. The van der Waals surface area contributed by atoms with Crippen LogP contribution < -0.4 is 5.32 Å². The Morgan fingerprint density at radius 2 is 1.96 bits per heavy atom. The highest BCUT2D eigenvalue weighted by molar-refractivity contribution is 7.84. The number of nitrogens with zero attached hydrogens (tertiary/aromatic N) is 2. The molecule has 2 amide bonds. The molecule has 1 aromatic heterocycles. The first-order chi connectivity index (χ1) is 10.9. The highest BCUT2D eigenvalue weighted by Gasteiger charge is 2.18. The van der Waals surface area contributed by atoms with Gasteiger partial charge in [-0.3, -0.25) is 9.19 Å². The van der Waals surface area contributed by atoms with Crippen LogP contribution in [0.3, 0.4) is 0 Å². The fraction of sp³-hybridized carbons (Fsp3) is 0.250. The lowest BCUT2D eigenvalue weighted by atomic mass is 10.1. The molecule has 0 unspecified atom stereocenters. The van der Waals surface area contributed by atoms with Crippen molar-refractivity contribution in [3.05, 3.63) is 54.1 Å². The number of benzene rings is 1. The molecule has 0 spiro atoms. The molecule has 1 heterocycles. The third-order valence-electron chi connectivity index (χ3n) is 3.58. The van der Waals surface area contributed by atoms with E-state index in [4.69, 9.17) is 0 Å². The summed E-state index contributed by atoms with van der Waals surface area (Å²) in [6.07, 6.45) is 4.73. The van der Waals surface area contributed by atoms with E-state index in [0.29, 0.717) is 5.69 Å². The maximum absolute atomic E-state index is 13.8. The Labute approximate surface area is 137 Å². The van der Waals surface area contributed by atoms with Gasteiger partial charge in [-0.1, -0.05) is 0 Å². The van der Waals surface area contributed by atoms with Gasteiger partial charge in [0.15, 0.2) is 0 Å². The van der Waals surface area contributed by atoms with Crippen molar-refractivity contribution < 1.29 is 13.4 Å². The predicted octanol–water partition coefficient (Wildman–Crippen LogP) is 3.18. The van der Waals surface area contributed by atoms with Crippen LogP contribution in [0.2, 0.25) is 0 Å². The molecule has 0 fully saturated rings. The first-order valence-corrected chi connectivity index (χ1v) is 8.52. The lowest BCUT2D eigenvalue weighted by Gasteiger charge is -2.25. The standard InChI is InChI=1S/C16H18FN3O2S/c1-11(12-6-8-18-9-7-12)20(2)16(21)19-13-4-5-15(23(3)22)14(17)10-13/h4-11H,1-3H3,(H,19,21)/t11-,23+/m0/s1. The molecule has 1 N–H and O–H groups in total. The molecule has 122 valence electrons. The quantitative estimate of drug-likeness (QED) is 0.933. The van der Waals surface area contributed by atoms with Crippen LogP contribution in [0.4, 0.5) is 14.9 Å². The Morgan fingerprint density at radius 3 is 2.52 bits per heavy atom. The zero-order chi connectivity index (χ0) is 17.0. The smallest absolute Gasteiger partial charge is 0.321 e. The first-order valence-electron chi connectivity index (χ1n) is 6.97. The van der Waals surface area contributed by atoms with Crippen LogP contribution in [-0.4, -0.2) is 33.4 Å². The fourth-order valence-corrected chi connectivity index (χ4v) is 2.66. The Kier molecular flexibility index (Phi) is 5.44. The molecule has 2 rings (SSSR count). The van der Waals surface area contributed by atoms with Crippen LogP contribution >= 0.6 is 0 Å². The number of anilines is 1. The van der Waals surface area contributed by atoms with E-state index in [2.05, 4.69) is 10.3 Å². The van der Waals surface area contributed by atoms with E-state index in [-0.39, 0.29) is 17.0 Å². The number of urea groups is 1. The van der Waals surface area contributed by atoms with Crippen molar-refractivity contribution in [2.45, 2.75) is 17.9 Å². The van der Waals surface area contributed by atoms with Crippen LogP contribution in [0.15, 0.2) is 47.6 Å². The molecule has 5 nitrogen and oxygen atoms in total. The summed E-state index contributed by atoms with van der Waals surface area (Å²) in [4.78, 5) is 17.8. The van der Waals surface area contributed by atoms with Gasteiger partial charge in [0.05, 0.1) is 21.7 Å². The summed E-state index contributed by atoms with van der Waals surface area (Å²) in [6, 6.07) is 7.25. The minimum atomic E-state index is -1.41. The first kappa shape index (κ1) is 17.1. The van der Waals surface area contributed by atoms with Gasteiger partial charge in [0.1, 0.15) is 5.82 Å². The third-order valence-corrected chi connectivity index (χ3v) is 4.53. The normalized spacial score (nSPS) is 13.2. The van der Waals surface area contributed by atoms with Crippen molar-refractivity contribution in [3.8, 4) is 0 Å². The summed E-state index contributed by atoms with van der Waals surface area (Å²) in [7, 11) is 0.252. The summed E-state index contributed by atoms with van der Waals surface area (Å²) in [5, 5.41) is 2.63. The van der Waals surface area contributed by atoms with Crippen LogP contribution in [0.5, 0.6) is 0 Å². The molecule has 2 aromatic rings. The molecule has 1 aromatic carbocycles. The van der Waals surface area contributed by atoms with Crippen LogP contribution in [0.1, 0.15) is 18.5 Å². The summed E-state index contributed by atoms with van der Waals surface area (Å²) in [5.74, 6) is -0.603. The number of carbonyl (C=O) groups excluding carboxylic acids is 1. The predicted molar refractivity (Wildman–Crippen MR) is 88.2 cm³/mol. The van der Waals surface area contributed by atoms with E-state index in [0.717, 1.165) is 5.56 Å². The summed E-state index contributed by atoms with van der Waals surface area (Å²) in [5.41, 5.74) is 1.26. The van der Waals surface area contributed by atoms with Gasteiger partial charge in [0, 0.05) is 31.4 Å². The number of rotatable bonds is 4. The maximum Gasteiger partial charge on any atom is 0.322 e. The molecule has 0 aliphatic carbocycles. The Bertz CT molecular complexity index is 725. The maximum atomic E-state index is 13.8. The van der Waals surface area contributed by atoms with Gasteiger partial charge in [-0.25, -0.2) is 9.18 Å². The molecule has 0 aliphatic heterocycles. The van der Waals surface area contributed by atoms with Crippen molar-refractivity contribution in [1.82, 2.24) is 9.88 Å². The van der Waals surface area contributed by atoms with Crippen molar-refractivity contribution in [1.29, 1.82) is 0 Å². The number of carbonyl (C=O) groups is 1. The molecule has 23 heavy (non-hydrogen) atoms. The van der Waals surface area contributed by atoms with Gasteiger partial charge >= 0.3 is 6.03 Å². The SMILES string of the molecule is C[C@@H](c1ccncc1)N(C)C(=O)Nc1ccc([S@@](C)=O)c(F)c1. The van der Waals surface area contributed by atoms with Crippen molar-refractivity contribution in [2.24, 2.45) is 0 Å². The highest BCUT2D eigenvalue weighted by atomic mass is 32.2. The zero-order valence-corrected chi connectivity index (χ0v) is 13.9. The van der Waals surface area contributed by atoms with Gasteiger partial charge in [-0.2, -0.15) is 0 Å². The number of hydrogen-bond donors (Lipinski definition) is 1. The van der Waals surface area contributed by atoms with Gasteiger partial charge in [0.2, 0.25) is 0 Å². The molecule has 0 bridgehead atoms. The van der Waals surface area contributed by atoms with Crippen molar-refractivity contribution in [2.75, 3.05) is 18.6 Å². The lowest BCUT2D eigenvalue weighted by Crippen LogP contribution is -2.33. The molecule has 0 aliphatic rings. The van der Waals surface area contributed by atoms with Crippen LogP contribution in [0, 0.1) is 5.82 Å². The summed E-state index contributed by atoms with van der Waals surface area (Å²) < 4.78 is 25.1. The average Bonchev–Trinajstić information content (AvgIpc) is 2.54. The van der Waals surface area contributed by atoms with E-state index >= 15 is 0 Å². The number of pyridine rings is 1. The van der Waals surface area contributed by atoms with Crippen LogP contribution in [-0.2, 0) is 10.8 Å². The van der Waals surface area contributed by atoms with Gasteiger partial charge < -0.3 is 10.2 Å². The average molecular weight is 335 g/mol. The highest BCUT2D eigenvalue weighted by Crippen LogP contribution is 2.21. The second-order valence-electron chi connectivity index (χ2n) is 5.10. The molecule has 0 radical (unpaired) electrons. The van der Waals surface area contributed by atoms with E-state index in [1.165, 1.54) is 29.4 Å². The second-order valence-corrected chi connectivity index (χ2v) is 6.44. The minimum Gasteiger partial charge on any atom is -0.321 e. The minimum absolute atomic E-state index is 0.113. The third kappa shape index (κ3) is 4.13. The van der Waals surface area contributed by atoms with E-state index in [9.17, 15) is 13.4 Å². The van der Waals surface area contributed by atoms with E-state index in [1.54, 1.807) is 19.4 Å². The fourth-order valence-electron chi connectivity index (χ4n) is 2.06. The Hall–Kier alpha value is -2.28. The number of amides is 2. The van der Waals surface area contributed by atoms with Crippen molar-refractivity contribution >= 4 is 22.5 Å². The number of hydrogen-bond acceptors (Lipinski definition) is 3. The van der Waals surface area contributed by atoms with Gasteiger partial charge in [0.25, 0.3) is 0 Å². The molecule has 2 atom stereocenters. The lowest BCUT2D eigenvalue weighted by molar-refractivity contribution is 0.208. The van der Waals surface area contributed by atoms with Gasteiger partial charge in [-0.05, 0) is 42.8 Å². The molecule has 0 saturated carbocycles. The van der Waals surface area contributed by atoms with Crippen LogP contribution in [0.25, 0.3) is 0 Å². The molecular formula is C16H18FN3O2S. The Balaban J connectivity index is 2.09.